The molecule has 1 aromatic heterocycles. The van der Waals surface area contributed by atoms with Crippen LogP contribution in [-0.2, 0) is 4.79 Å². The van der Waals surface area contributed by atoms with Gasteiger partial charge >= 0.3 is 0 Å². The predicted octanol–water partition coefficient (Wildman–Crippen LogP) is 1.98. The molecule has 2 rings (SSSR count). The summed E-state index contributed by atoms with van der Waals surface area (Å²) in [6.45, 7) is 0. The highest BCUT2D eigenvalue weighted by atomic mass is 35.5. The second-order valence-electron chi connectivity index (χ2n) is 4.95. The molecule has 0 aromatic carbocycles. The number of amides is 1. The lowest BCUT2D eigenvalue weighted by atomic mass is 9.95. The number of ether oxygens (including phenoxy) is 1. The van der Waals surface area contributed by atoms with Crippen LogP contribution in [0.5, 0.6) is 5.88 Å². The van der Waals surface area contributed by atoms with E-state index in [2.05, 4.69) is 15.3 Å². The van der Waals surface area contributed by atoms with Gasteiger partial charge in [0.1, 0.15) is 5.15 Å². The van der Waals surface area contributed by atoms with Crippen LogP contribution in [0.25, 0.3) is 0 Å². The van der Waals surface area contributed by atoms with Gasteiger partial charge in [0.15, 0.2) is 0 Å². The van der Waals surface area contributed by atoms with Crippen molar-refractivity contribution in [2.75, 3.05) is 12.4 Å². The minimum atomic E-state index is -0.203. The maximum atomic E-state index is 12.3. The Hall–Kier alpha value is -1.40. The van der Waals surface area contributed by atoms with E-state index in [0.717, 1.165) is 32.1 Å². The summed E-state index contributed by atoms with van der Waals surface area (Å²) in [5.41, 5.74) is 6.07. The van der Waals surface area contributed by atoms with Gasteiger partial charge in [-0.25, -0.2) is 4.98 Å². The van der Waals surface area contributed by atoms with Crippen LogP contribution in [0.15, 0.2) is 6.07 Å². The molecule has 1 aliphatic carbocycles. The first-order valence-electron chi connectivity index (χ1n) is 6.75. The fraction of sp³-hybridized carbons (Fsp3) is 0.615. The summed E-state index contributed by atoms with van der Waals surface area (Å²) in [5.74, 6) is 0.107. The van der Waals surface area contributed by atoms with Gasteiger partial charge in [-0.05, 0) is 12.8 Å². The van der Waals surface area contributed by atoms with Gasteiger partial charge in [0.05, 0.1) is 13.0 Å². The summed E-state index contributed by atoms with van der Waals surface area (Å²) in [6.07, 6.45) is 4.89. The molecule has 1 saturated carbocycles. The number of rotatable bonds is 3. The lowest BCUT2D eigenvalue weighted by Crippen LogP contribution is -2.38. The lowest BCUT2D eigenvalue weighted by molar-refractivity contribution is -0.120. The maximum Gasteiger partial charge on any atom is 0.234 e. The summed E-state index contributed by atoms with van der Waals surface area (Å²) in [6, 6.07) is 1.37. The summed E-state index contributed by atoms with van der Waals surface area (Å²) in [7, 11) is 1.48. The largest absolute Gasteiger partial charge is 0.481 e. The van der Waals surface area contributed by atoms with Gasteiger partial charge in [-0.3, -0.25) is 10.1 Å². The summed E-state index contributed by atoms with van der Waals surface area (Å²) in [4.78, 5) is 20.3. The van der Waals surface area contributed by atoms with Crippen LogP contribution in [0.1, 0.15) is 32.1 Å². The molecule has 0 spiro atoms. The topological polar surface area (TPSA) is 90.1 Å². The van der Waals surface area contributed by atoms with Crippen molar-refractivity contribution in [2.45, 2.75) is 38.1 Å². The molecule has 1 fully saturated rings. The third-order valence-corrected chi connectivity index (χ3v) is 3.72. The van der Waals surface area contributed by atoms with Crippen LogP contribution in [0.2, 0.25) is 5.15 Å². The number of nitrogens with two attached hydrogens (primary N) is 1. The van der Waals surface area contributed by atoms with Crippen molar-refractivity contribution >= 4 is 23.5 Å². The highest BCUT2D eigenvalue weighted by Gasteiger charge is 2.27. The molecule has 20 heavy (non-hydrogen) atoms. The van der Waals surface area contributed by atoms with E-state index in [9.17, 15) is 4.79 Å². The number of nitrogens with zero attached hydrogens (tertiary/aromatic N) is 2. The fourth-order valence-electron chi connectivity index (χ4n) is 2.42. The summed E-state index contributed by atoms with van der Waals surface area (Å²) >= 11 is 5.85. The molecule has 0 saturated heterocycles. The quantitative estimate of drug-likeness (QED) is 0.658. The Morgan fingerprint density at radius 3 is 2.90 bits per heavy atom. The Labute approximate surface area is 123 Å². The molecule has 2 atom stereocenters. The molecular formula is C13H19ClN4O2. The lowest BCUT2D eigenvalue weighted by Gasteiger charge is -2.20. The van der Waals surface area contributed by atoms with Crippen molar-refractivity contribution < 1.29 is 9.53 Å². The molecule has 6 nitrogen and oxygen atoms in total. The Balaban J connectivity index is 2.08. The molecule has 1 aromatic rings. The zero-order valence-corrected chi connectivity index (χ0v) is 12.2. The van der Waals surface area contributed by atoms with E-state index in [-0.39, 0.29) is 29.0 Å². The summed E-state index contributed by atoms with van der Waals surface area (Å²) in [5, 5.41) is 2.90. The highest BCUT2D eigenvalue weighted by molar-refractivity contribution is 6.29. The molecule has 3 N–H and O–H groups in total. The zero-order chi connectivity index (χ0) is 14.5. The number of carbonyl (C=O) groups excluding carboxylic acids is 1. The molecule has 110 valence electrons. The Kier molecular flexibility index (Phi) is 5.14. The first-order chi connectivity index (χ1) is 9.60. The Morgan fingerprint density at radius 1 is 1.40 bits per heavy atom. The molecule has 1 amide bonds. The van der Waals surface area contributed by atoms with E-state index >= 15 is 0 Å². The molecule has 0 aliphatic heterocycles. The van der Waals surface area contributed by atoms with Crippen LogP contribution in [-0.4, -0.2) is 29.0 Å². The monoisotopic (exact) mass is 298 g/mol. The number of aromatic nitrogens is 2. The standard InChI is InChI=1S/C13H19ClN4O2/c1-20-11-7-10(14)16-13(17-11)18-12(19)8-5-3-2-4-6-9(8)15/h7-9H,2-6,15H2,1H3,(H,16,17,18,19). The Morgan fingerprint density at radius 2 is 2.15 bits per heavy atom. The van der Waals surface area contributed by atoms with Crippen molar-refractivity contribution in [3.63, 3.8) is 0 Å². The fourth-order valence-corrected chi connectivity index (χ4v) is 2.60. The third kappa shape index (κ3) is 3.80. The zero-order valence-electron chi connectivity index (χ0n) is 11.4. The van der Waals surface area contributed by atoms with Crippen molar-refractivity contribution in [3.05, 3.63) is 11.2 Å². The van der Waals surface area contributed by atoms with Crippen LogP contribution in [0.3, 0.4) is 0 Å². The average molecular weight is 299 g/mol. The molecule has 1 heterocycles. The molecule has 0 bridgehead atoms. The maximum absolute atomic E-state index is 12.3. The van der Waals surface area contributed by atoms with Gasteiger partial charge in [0, 0.05) is 12.1 Å². The van der Waals surface area contributed by atoms with Crippen LogP contribution in [0, 0.1) is 5.92 Å². The van der Waals surface area contributed by atoms with Gasteiger partial charge in [0.25, 0.3) is 0 Å². The predicted molar refractivity (Wildman–Crippen MR) is 76.8 cm³/mol. The molecule has 1 aliphatic rings. The molecule has 2 unspecified atom stereocenters. The van der Waals surface area contributed by atoms with E-state index in [0.29, 0.717) is 5.88 Å². The number of nitrogens with one attached hydrogen (secondary N) is 1. The van der Waals surface area contributed by atoms with Gasteiger partial charge in [-0.1, -0.05) is 30.9 Å². The first-order valence-corrected chi connectivity index (χ1v) is 7.13. The number of methoxy groups -OCH3 is 1. The number of hydrogen-bond acceptors (Lipinski definition) is 5. The molecular weight excluding hydrogens is 280 g/mol. The van der Waals surface area contributed by atoms with E-state index in [1.54, 1.807) is 0 Å². The highest BCUT2D eigenvalue weighted by Crippen LogP contribution is 2.24. The van der Waals surface area contributed by atoms with Gasteiger partial charge in [-0.15, -0.1) is 0 Å². The molecule has 0 radical (unpaired) electrons. The van der Waals surface area contributed by atoms with E-state index in [1.807, 2.05) is 0 Å². The van der Waals surface area contributed by atoms with Crippen LogP contribution < -0.4 is 15.8 Å². The normalized spacial score (nSPS) is 22.9. The second-order valence-corrected chi connectivity index (χ2v) is 5.34. The minimum Gasteiger partial charge on any atom is -0.481 e. The smallest absolute Gasteiger partial charge is 0.234 e. The van der Waals surface area contributed by atoms with E-state index in [4.69, 9.17) is 22.1 Å². The average Bonchev–Trinajstić information content (AvgIpc) is 2.62. The van der Waals surface area contributed by atoms with Crippen molar-refractivity contribution in [1.29, 1.82) is 0 Å². The van der Waals surface area contributed by atoms with Crippen molar-refractivity contribution in [3.8, 4) is 5.88 Å². The molecule has 7 heteroatoms. The number of hydrogen-bond donors (Lipinski definition) is 2. The second kappa shape index (κ2) is 6.85. The number of carbonyl (C=O) groups is 1. The number of anilines is 1. The third-order valence-electron chi connectivity index (χ3n) is 3.52. The van der Waals surface area contributed by atoms with Crippen LogP contribution in [0.4, 0.5) is 5.95 Å². The van der Waals surface area contributed by atoms with Gasteiger partial charge < -0.3 is 10.5 Å². The van der Waals surface area contributed by atoms with Gasteiger partial charge in [-0.2, -0.15) is 4.98 Å². The van der Waals surface area contributed by atoms with E-state index < -0.39 is 0 Å². The first kappa shape index (κ1) is 15.0. The Bertz CT molecular complexity index is 483. The van der Waals surface area contributed by atoms with Crippen LogP contribution >= 0.6 is 11.6 Å². The minimum absolute atomic E-state index is 0.112. The summed E-state index contributed by atoms with van der Waals surface area (Å²) < 4.78 is 4.99. The number of halogens is 1. The van der Waals surface area contributed by atoms with Crippen molar-refractivity contribution in [1.82, 2.24) is 9.97 Å². The van der Waals surface area contributed by atoms with Gasteiger partial charge in [0.2, 0.25) is 17.7 Å². The van der Waals surface area contributed by atoms with E-state index in [1.165, 1.54) is 13.2 Å². The SMILES string of the molecule is COc1cc(Cl)nc(NC(=O)C2CCCCCC2N)n1. The van der Waals surface area contributed by atoms with Crippen molar-refractivity contribution in [2.24, 2.45) is 11.7 Å².